The van der Waals surface area contributed by atoms with Gasteiger partial charge in [-0.1, -0.05) is 60.7 Å². The van der Waals surface area contributed by atoms with E-state index in [2.05, 4.69) is 12.1 Å². The number of nitrogens with zero attached hydrogens (tertiary/aromatic N) is 2. The van der Waals surface area contributed by atoms with Gasteiger partial charge in [0.15, 0.2) is 5.76 Å². The van der Waals surface area contributed by atoms with Crippen LogP contribution in [-0.2, 0) is 10.2 Å². The zero-order chi connectivity index (χ0) is 17.2. The lowest BCUT2D eigenvalue weighted by molar-refractivity contribution is 0.344. The van der Waals surface area contributed by atoms with Crippen LogP contribution in [0.1, 0.15) is 18.1 Å². The van der Waals surface area contributed by atoms with Gasteiger partial charge >= 0.3 is 0 Å². The molecule has 1 atom stereocenters. The Kier molecular flexibility index (Phi) is 3.82. The van der Waals surface area contributed by atoms with Gasteiger partial charge in [-0.15, -0.1) is 0 Å². The van der Waals surface area contributed by atoms with Crippen LogP contribution in [0.25, 0.3) is 5.76 Å². The molecule has 2 aromatic rings. The number of hydrogen-bond acceptors (Lipinski definition) is 4. The van der Waals surface area contributed by atoms with Gasteiger partial charge in [0.25, 0.3) is 0 Å². The normalized spacial score (nSPS) is 20.1. The number of nitrogens with two attached hydrogens (primary N) is 1. The van der Waals surface area contributed by atoms with Gasteiger partial charge in [0.05, 0.1) is 17.1 Å². The van der Waals surface area contributed by atoms with E-state index in [1.165, 1.54) is 0 Å². The third-order valence-corrected chi connectivity index (χ3v) is 4.30. The average molecular weight is 313 g/mol. The van der Waals surface area contributed by atoms with Crippen molar-refractivity contribution in [3.63, 3.8) is 0 Å². The maximum atomic E-state index is 9.86. The van der Waals surface area contributed by atoms with Gasteiger partial charge < -0.3 is 10.5 Å². The Bertz CT molecular complexity index is 915. The van der Waals surface area contributed by atoms with Crippen LogP contribution in [0, 0.1) is 22.7 Å². The third kappa shape index (κ3) is 2.22. The van der Waals surface area contributed by atoms with E-state index in [4.69, 9.17) is 10.5 Å². The highest BCUT2D eigenvalue weighted by Gasteiger charge is 2.44. The summed E-state index contributed by atoms with van der Waals surface area (Å²) in [7, 11) is 0. The van der Waals surface area contributed by atoms with Crippen molar-refractivity contribution in [2.45, 2.75) is 12.3 Å². The van der Waals surface area contributed by atoms with Gasteiger partial charge in [-0.25, -0.2) is 0 Å². The van der Waals surface area contributed by atoms with Crippen molar-refractivity contribution >= 4 is 5.76 Å². The second kappa shape index (κ2) is 5.95. The molecule has 0 fully saturated rings. The number of rotatable bonds is 2. The number of hydrogen-bond donors (Lipinski definition) is 1. The van der Waals surface area contributed by atoms with E-state index >= 15 is 0 Å². The first kappa shape index (κ1) is 15.4. The smallest absolute Gasteiger partial charge is 0.206 e. The summed E-state index contributed by atoms with van der Waals surface area (Å²) in [6.45, 7) is 1.83. The second-order valence-corrected chi connectivity index (χ2v) is 5.63. The topological polar surface area (TPSA) is 82.8 Å². The molecule has 1 aliphatic heterocycles. The van der Waals surface area contributed by atoms with Crippen LogP contribution in [0.3, 0.4) is 0 Å². The predicted molar refractivity (Wildman–Crippen MR) is 90.7 cm³/mol. The van der Waals surface area contributed by atoms with Crippen molar-refractivity contribution in [3.05, 3.63) is 88.8 Å². The highest BCUT2D eigenvalue weighted by atomic mass is 16.5. The van der Waals surface area contributed by atoms with E-state index in [1.54, 1.807) is 0 Å². The fraction of sp³-hybridized carbons (Fsp3) is 0.100. The van der Waals surface area contributed by atoms with Crippen molar-refractivity contribution in [1.29, 1.82) is 10.5 Å². The summed E-state index contributed by atoms with van der Waals surface area (Å²) in [5, 5.41) is 19.5. The first-order valence-electron chi connectivity index (χ1n) is 7.47. The highest BCUT2D eigenvalue weighted by molar-refractivity contribution is 5.76. The lowest BCUT2D eigenvalue weighted by Gasteiger charge is -2.35. The Morgan fingerprint density at radius 2 is 1.42 bits per heavy atom. The molecule has 3 rings (SSSR count). The van der Waals surface area contributed by atoms with Crippen molar-refractivity contribution in [2.24, 2.45) is 5.73 Å². The first-order valence-corrected chi connectivity index (χ1v) is 7.47. The second-order valence-electron chi connectivity index (χ2n) is 5.63. The average Bonchev–Trinajstić information content (AvgIpc) is 2.63. The van der Waals surface area contributed by atoms with Gasteiger partial charge in [-0.2, -0.15) is 10.5 Å². The third-order valence-electron chi connectivity index (χ3n) is 4.30. The van der Waals surface area contributed by atoms with E-state index in [0.717, 1.165) is 11.1 Å². The monoisotopic (exact) mass is 313 g/mol. The van der Waals surface area contributed by atoms with Gasteiger partial charge in [0, 0.05) is 5.56 Å². The molecule has 4 nitrogen and oxygen atoms in total. The minimum atomic E-state index is -0.960. The van der Waals surface area contributed by atoms with E-state index in [1.807, 2.05) is 67.6 Å². The molecule has 116 valence electrons. The molecular weight excluding hydrogens is 298 g/mol. The maximum absolute atomic E-state index is 9.86. The molecule has 0 saturated heterocycles. The summed E-state index contributed by atoms with van der Waals surface area (Å²) in [6, 6.07) is 23.1. The van der Waals surface area contributed by atoms with Gasteiger partial charge in [0.1, 0.15) is 11.6 Å². The zero-order valence-corrected chi connectivity index (χ0v) is 13.2. The summed E-state index contributed by atoms with van der Waals surface area (Å²) >= 11 is 0. The van der Waals surface area contributed by atoms with Crippen molar-refractivity contribution in [2.75, 3.05) is 0 Å². The molecule has 0 aliphatic carbocycles. The Balaban J connectivity index is 2.34. The lowest BCUT2D eigenvalue weighted by Crippen LogP contribution is -2.34. The molecular formula is C20H15N3O. The molecule has 0 radical (unpaired) electrons. The van der Waals surface area contributed by atoms with Crippen LogP contribution in [0.15, 0.2) is 77.7 Å². The molecule has 0 aromatic heterocycles. The minimum Gasteiger partial charge on any atom is -0.439 e. The molecule has 2 N–H and O–H groups in total. The fourth-order valence-electron chi connectivity index (χ4n) is 2.99. The molecule has 1 unspecified atom stereocenters. The van der Waals surface area contributed by atoms with Crippen molar-refractivity contribution in [1.82, 2.24) is 0 Å². The molecule has 4 heteroatoms. The van der Waals surface area contributed by atoms with Crippen LogP contribution in [0.2, 0.25) is 0 Å². The van der Waals surface area contributed by atoms with Gasteiger partial charge in [0.2, 0.25) is 5.88 Å². The summed E-state index contributed by atoms with van der Waals surface area (Å²) in [5.74, 6) is 0.419. The lowest BCUT2D eigenvalue weighted by atomic mass is 9.69. The standard InChI is InChI=1S/C20H15N3O/c1-20(15-10-6-3-7-11-15)16(12-21)18(14-8-4-2-5-9-14)24-19(23)17(20)13-22/h2-11H,23H2,1H3. The molecule has 1 heterocycles. The van der Waals surface area contributed by atoms with Crippen LogP contribution < -0.4 is 5.73 Å². The predicted octanol–water partition coefficient (Wildman–Crippen LogP) is 3.60. The van der Waals surface area contributed by atoms with Crippen LogP contribution in [0.4, 0.5) is 0 Å². The molecule has 24 heavy (non-hydrogen) atoms. The van der Waals surface area contributed by atoms with Crippen LogP contribution in [-0.4, -0.2) is 0 Å². The molecule has 0 bridgehead atoms. The Hall–Kier alpha value is -3.50. The van der Waals surface area contributed by atoms with Gasteiger partial charge in [-0.05, 0) is 12.5 Å². The Morgan fingerprint density at radius 3 is 1.96 bits per heavy atom. The maximum Gasteiger partial charge on any atom is 0.206 e. The summed E-state index contributed by atoms with van der Waals surface area (Å²) < 4.78 is 5.69. The summed E-state index contributed by atoms with van der Waals surface area (Å²) in [6.07, 6.45) is 0. The Labute approximate surface area is 140 Å². The van der Waals surface area contributed by atoms with Crippen molar-refractivity contribution < 1.29 is 4.74 Å². The number of benzene rings is 2. The minimum absolute atomic E-state index is 0.0294. The largest absolute Gasteiger partial charge is 0.439 e. The number of ether oxygens (including phenoxy) is 1. The van der Waals surface area contributed by atoms with Gasteiger partial charge in [-0.3, -0.25) is 0 Å². The van der Waals surface area contributed by atoms with E-state index in [0.29, 0.717) is 11.3 Å². The summed E-state index contributed by atoms with van der Waals surface area (Å²) in [5.41, 5.74) is 7.25. The zero-order valence-electron chi connectivity index (χ0n) is 13.2. The van der Waals surface area contributed by atoms with Crippen LogP contribution in [0.5, 0.6) is 0 Å². The summed E-state index contributed by atoms with van der Waals surface area (Å²) in [4.78, 5) is 0. The first-order chi connectivity index (χ1) is 11.6. The molecule has 0 spiro atoms. The fourth-order valence-corrected chi connectivity index (χ4v) is 2.99. The van der Waals surface area contributed by atoms with E-state index in [9.17, 15) is 10.5 Å². The van der Waals surface area contributed by atoms with Crippen LogP contribution >= 0.6 is 0 Å². The highest BCUT2D eigenvalue weighted by Crippen LogP contribution is 2.46. The van der Waals surface area contributed by atoms with Crippen molar-refractivity contribution in [3.8, 4) is 12.1 Å². The molecule has 1 aliphatic rings. The molecule has 0 amide bonds. The van der Waals surface area contributed by atoms with E-state index in [-0.39, 0.29) is 11.5 Å². The SMILES string of the molecule is CC1(c2ccccc2)C(C#N)=C(N)OC(c2ccccc2)=C1C#N. The molecule has 0 saturated carbocycles. The molecule has 2 aromatic carbocycles. The number of nitriles is 2. The number of allylic oxidation sites excluding steroid dienone is 2. The Morgan fingerprint density at radius 1 is 0.875 bits per heavy atom. The quantitative estimate of drug-likeness (QED) is 0.918. The van der Waals surface area contributed by atoms with E-state index < -0.39 is 5.41 Å².